The summed E-state index contributed by atoms with van der Waals surface area (Å²) in [6.45, 7) is 0. The van der Waals surface area contributed by atoms with Crippen molar-refractivity contribution < 1.29 is 4.74 Å². The summed E-state index contributed by atoms with van der Waals surface area (Å²) in [6, 6.07) is 18.0. The van der Waals surface area contributed by atoms with Crippen LogP contribution < -0.4 is 9.64 Å². The maximum Gasteiger partial charge on any atom is 0.178 e. The van der Waals surface area contributed by atoms with Gasteiger partial charge >= 0.3 is 0 Å². The Morgan fingerprint density at radius 1 is 1.21 bits per heavy atom. The molecule has 0 amide bonds. The zero-order valence-electron chi connectivity index (χ0n) is 12.9. The van der Waals surface area contributed by atoms with Gasteiger partial charge in [0.2, 0.25) is 0 Å². The van der Waals surface area contributed by atoms with E-state index in [-0.39, 0.29) is 0 Å². The van der Waals surface area contributed by atoms with Crippen LogP contribution in [0.4, 0.5) is 5.69 Å². The average molecular weight is 331 g/mol. The molecule has 4 rings (SSSR count). The first-order chi connectivity index (χ1) is 11.8. The van der Waals surface area contributed by atoms with Crippen LogP contribution >= 0.6 is 11.8 Å². The molecule has 0 aliphatic carbocycles. The number of rotatable bonds is 2. The third-order valence-electron chi connectivity index (χ3n) is 3.84. The molecule has 0 saturated heterocycles. The van der Waals surface area contributed by atoms with E-state index < -0.39 is 0 Å². The Morgan fingerprint density at radius 3 is 2.79 bits per heavy atom. The van der Waals surface area contributed by atoms with E-state index >= 15 is 0 Å². The van der Waals surface area contributed by atoms with Crippen LogP contribution in [0.1, 0.15) is 5.56 Å². The molecule has 0 saturated carbocycles. The fourth-order valence-corrected chi connectivity index (χ4v) is 3.80. The van der Waals surface area contributed by atoms with E-state index in [1.54, 1.807) is 24.9 Å². The highest BCUT2D eigenvalue weighted by molar-refractivity contribution is 8.14. The van der Waals surface area contributed by atoms with Crippen molar-refractivity contribution >= 4 is 28.3 Å². The number of ether oxygens (including phenoxy) is 1. The van der Waals surface area contributed by atoms with Crippen LogP contribution in [0.2, 0.25) is 0 Å². The molecule has 2 aromatic carbocycles. The molecule has 0 radical (unpaired) electrons. The van der Waals surface area contributed by atoms with Crippen LogP contribution in [0.5, 0.6) is 5.75 Å². The van der Waals surface area contributed by atoms with Crippen molar-refractivity contribution in [2.75, 3.05) is 12.0 Å². The molecule has 2 aromatic rings. The van der Waals surface area contributed by atoms with E-state index in [0.29, 0.717) is 0 Å². The zero-order valence-corrected chi connectivity index (χ0v) is 13.7. The number of fused-ring (bicyclic) bond motifs is 3. The second-order valence-corrected chi connectivity index (χ2v) is 6.27. The van der Waals surface area contributed by atoms with Gasteiger partial charge in [0.15, 0.2) is 5.17 Å². The van der Waals surface area contributed by atoms with Crippen molar-refractivity contribution in [1.82, 2.24) is 0 Å². The van der Waals surface area contributed by atoms with Gasteiger partial charge in [0.05, 0.1) is 30.3 Å². The number of aliphatic imine (C=N–C) groups is 1. The molecule has 2 aliphatic heterocycles. The van der Waals surface area contributed by atoms with Crippen LogP contribution in [0, 0.1) is 11.3 Å². The van der Waals surface area contributed by atoms with Crippen molar-refractivity contribution in [2.45, 2.75) is 4.90 Å². The maximum absolute atomic E-state index is 9.18. The molecule has 0 bridgehead atoms. The standard InChI is InChI=1S/C19H13N3OS/c1-23-15-7-8-17-18(12-15)24-19-21-16(13-5-3-2-4-6-13)11-14(9-10-20)22(17)19/h2-9,11-12H,1H3/b14-9+. The molecular weight excluding hydrogens is 318 g/mol. The average Bonchev–Trinajstić information content (AvgIpc) is 3.00. The summed E-state index contributed by atoms with van der Waals surface area (Å²) in [6.07, 6.45) is 3.50. The van der Waals surface area contributed by atoms with Gasteiger partial charge in [0.25, 0.3) is 0 Å². The quantitative estimate of drug-likeness (QED) is 0.764. The SMILES string of the molecule is COc1ccc2c(c1)SC1=NC(c3ccccc3)=C/C(=C\C#N)N12. The number of nitriles is 1. The predicted molar refractivity (Wildman–Crippen MR) is 96.9 cm³/mol. The first kappa shape index (κ1) is 14.6. The van der Waals surface area contributed by atoms with E-state index in [0.717, 1.165) is 38.5 Å². The topological polar surface area (TPSA) is 48.6 Å². The van der Waals surface area contributed by atoms with Crippen LogP contribution in [0.25, 0.3) is 5.70 Å². The number of hydrogen-bond acceptors (Lipinski definition) is 5. The molecule has 24 heavy (non-hydrogen) atoms. The highest BCUT2D eigenvalue weighted by Gasteiger charge is 2.32. The largest absolute Gasteiger partial charge is 0.497 e. The maximum atomic E-state index is 9.18. The summed E-state index contributed by atoms with van der Waals surface area (Å²) < 4.78 is 5.31. The van der Waals surface area contributed by atoms with Gasteiger partial charge in [-0.3, -0.25) is 4.90 Å². The second-order valence-electron chi connectivity index (χ2n) is 5.26. The minimum atomic E-state index is 0.809. The lowest BCUT2D eigenvalue weighted by molar-refractivity contribution is 0.414. The van der Waals surface area contributed by atoms with Crippen molar-refractivity contribution in [2.24, 2.45) is 4.99 Å². The summed E-state index contributed by atoms with van der Waals surface area (Å²) >= 11 is 1.58. The predicted octanol–water partition coefficient (Wildman–Crippen LogP) is 4.43. The van der Waals surface area contributed by atoms with E-state index in [9.17, 15) is 5.26 Å². The van der Waals surface area contributed by atoms with E-state index in [1.807, 2.05) is 59.5 Å². The molecule has 4 nitrogen and oxygen atoms in total. The summed E-state index contributed by atoms with van der Waals surface area (Å²) in [5.74, 6) is 0.809. The fraction of sp³-hybridized carbons (Fsp3) is 0.0526. The van der Waals surface area contributed by atoms with Gasteiger partial charge < -0.3 is 4.74 Å². The molecule has 0 N–H and O–H groups in total. The monoisotopic (exact) mass is 331 g/mol. The van der Waals surface area contributed by atoms with Gasteiger partial charge in [-0.05, 0) is 36.0 Å². The number of methoxy groups -OCH3 is 1. The Balaban J connectivity index is 1.83. The van der Waals surface area contributed by atoms with Crippen LogP contribution in [0.3, 0.4) is 0 Å². The first-order valence-electron chi connectivity index (χ1n) is 7.42. The number of allylic oxidation sites excluding steroid dienone is 2. The van der Waals surface area contributed by atoms with Gasteiger partial charge in [0.1, 0.15) is 5.75 Å². The highest BCUT2D eigenvalue weighted by Crippen LogP contribution is 2.46. The van der Waals surface area contributed by atoms with Crippen molar-refractivity contribution in [3.8, 4) is 11.8 Å². The number of anilines is 1. The van der Waals surface area contributed by atoms with Crippen LogP contribution in [-0.2, 0) is 0 Å². The van der Waals surface area contributed by atoms with E-state index in [2.05, 4.69) is 6.07 Å². The van der Waals surface area contributed by atoms with Crippen LogP contribution in [0.15, 0.2) is 76.3 Å². The second kappa shape index (κ2) is 5.91. The number of nitrogens with zero attached hydrogens (tertiary/aromatic N) is 3. The minimum absolute atomic E-state index is 0.809. The third kappa shape index (κ3) is 2.38. The van der Waals surface area contributed by atoms with Gasteiger partial charge in [-0.1, -0.05) is 30.3 Å². The van der Waals surface area contributed by atoms with Gasteiger partial charge in [0, 0.05) is 16.5 Å². The Labute approximate surface area is 144 Å². The Morgan fingerprint density at radius 2 is 2.04 bits per heavy atom. The van der Waals surface area contributed by atoms with Crippen molar-refractivity contribution in [3.05, 3.63) is 71.9 Å². The number of hydrogen-bond donors (Lipinski definition) is 0. The third-order valence-corrected chi connectivity index (χ3v) is 4.84. The van der Waals surface area contributed by atoms with Crippen molar-refractivity contribution in [3.63, 3.8) is 0 Å². The number of thioether (sulfide) groups is 1. The Bertz CT molecular complexity index is 939. The fourth-order valence-electron chi connectivity index (χ4n) is 2.73. The molecule has 0 aromatic heterocycles. The van der Waals surface area contributed by atoms with Crippen molar-refractivity contribution in [1.29, 1.82) is 5.26 Å². The molecule has 2 aliphatic rings. The molecule has 0 atom stereocenters. The highest BCUT2D eigenvalue weighted by atomic mass is 32.2. The number of amidine groups is 1. The zero-order chi connectivity index (χ0) is 16.5. The summed E-state index contributed by atoms with van der Waals surface area (Å²) in [4.78, 5) is 7.87. The molecule has 2 heterocycles. The molecule has 0 spiro atoms. The lowest BCUT2D eigenvalue weighted by atomic mass is 10.1. The molecule has 0 unspecified atom stereocenters. The van der Waals surface area contributed by atoms with Crippen LogP contribution in [-0.4, -0.2) is 12.3 Å². The molecule has 116 valence electrons. The summed E-state index contributed by atoms with van der Waals surface area (Å²) in [5, 5.41) is 10.0. The Hall–Kier alpha value is -2.97. The summed E-state index contributed by atoms with van der Waals surface area (Å²) in [7, 11) is 1.66. The lowest BCUT2D eigenvalue weighted by Gasteiger charge is -2.24. The van der Waals surface area contributed by atoms with Gasteiger partial charge in [-0.2, -0.15) is 5.26 Å². The molecule has 0 fully saturated rings. The molecule has 5 heteroatoms. The summed E-state index contributed by atoms with van der Waals surface area (Å²) in [5.41, 5.74) is 3.72. The van der Waals surface area contributed by atoms with E-state index in [1.165, 1.54) is 0 Å². The van der Waals surface area contributed by atoms with Gasteiger partial charge in [-0.15, -0.1) is 0 Å². The number of benzene rings is 2. The van der Waals surface area contributed by atoms with E-state index in [4.69, 9.17) is 9.73 Å². The smallest absolute Gasteiger partial charge is 0.178 e. The van der Waals surface area contributed by atoms with Gasteiger partial charge in [-0.25, -0.2) is 4.99 Å². The molecular formula is C19H13N3OS. The Kier molecular flexibility index (Phi) is 3.60. The minimum Gasteiger partial charge on any atom is -0.497 e. The normalized spacial score (nSPS) is 16.8. The lowest BCUT2D eigenvalue weighted by Crippen LogP contribution is -2.25. The first-order valence-corrected chi connectivity index (χ1v) is 8.23.